The summed E-state index contributed by atoms with van der Waals surface area (Å²) in [6, 6.07) is 7.92. The summed E-state index contributed by atoms with van der Waals surface area (Å²) in [6.45, 7) is 0. The van der Waals surface area contributed by atoms with E-state index in [1.807, 2.05) is 30.5 Å². The zero-order valence-corrected chi connectivity index (χ0v) is 12.2. The van der Waals surface area contributed by atoms with Gasteiger partial charge in [-0.1, -0.05) is 0 Å². The maximum Gasteiger partial charge on any atom is 0.202 e. The molecule has 4 heteroatoms. The first kappa shape index (κ1) is 12.2. The number of aromatic hydroxyl groups is 2. The minimum absolute atomic E-state index is 0.238. The molecular formula is C16H17NO2S. The zero-order chi connectivity index (χ0) is 13.9. The van der Waals surface area contributed by atoms with Crippen LogP contribution in [0.25, 0.3) is 5.69 Å². The number of hydrogen-bond acceptors (Lipinski definition) is 3. The predicted molar refractivity (Wildman–Crippen MR) is 80.2 cm³/mol. The summed E-state index contributed by atoms with van der Waals surface area (Å²) < 4.78 is 1.60. The van der Waals surface area contributed by atoms with Crippen LogP contribution in [0, 0.1) is 0 Å². The van der Waals surface area contributed by atoms with Crippen LogP contribution >= 0.6 is 11.8 Å². The average molecular weight is 287 g/mol. The lowest BCUT2D eigenvalue weighted by atomic mass is 9.95. The molecule has 0 aliphatic heterocycles. The maximum atomic E-state index is 10.5. The van der Waals surface area contributed by atoms with Gasteiger partial charge in [-0.05, 0) is 61.6 Å². The maximum absolute atomic E-state index is 10.5. The Labute approximate surface area is 122 Å². The van der Waals surface area contributed by atoms with Crippen molar-refractivity contribution < 1.29 is 10.2 Å². The van der Waals surface area contributed by atoms with Crippen LogP contribution in [0.5, 0.6) is 11.8 Å². The smallest absolute Gasteiger partial charge is 0.202 e. The SMILES string of the molecule is CSc1ccc(-n2c(O)c3c(c2O)[C@H]2CC[C@@H]3C2)cc1. The summed E-state index contributed by atoms with van der Waals surface area (Å²) in [5.74, 6) is 1.35. The van der Waals surface area contributed by atoms with Gasteiger partial charge in [0, 0.05) is 16.0 Å². The lowest BCUT2D eigenvalue weighted by Gasteiger charge is -2.10. The first-order valence-electron chi connectivity index (χ1n) is 7.01. The summed E-state index contributed by atoms with van der Waals surface area (Å²) in [4.78, 5) is 1.17. The van der Waals surface area contributed by atoms with E-state index in [1.54, 1.807) is 16.3 Å². The fraction of sp³-hybridized carbons (Fsp3) is 0.375. The minimum Gasteiger partial charge on any atom is -0.494 e. The number of nitrogens with zero attached hydrogens (tertiary/aromatic N) is 1. The second kappa shape index (κ2) is 4.22. The molecule has 0 radical (unpaired) electrons. The average Bonchev–Trinajstić information content (AvgIpc) is 3.14. The molecule has 0 saturated heterocycles. The minimum atomic E-state index is 0.238. The van der Waals surface area contributed by atoms with Gasteiger partial charge in [-0.2, -0.15) is 0 Å². The first-order chi connectivity index (χ1) is 9.70. The third-order valence-electron chi connectivity index (χ3n) is 4.78. The molecular weight excluding hydrogens is 270 g/mol. The van der Waals surface area contributed by atoms with Gasteiger partial charge in [-0.3, -0.25) is 4.57 Å². The molecule has 20 heavy (non-hydrogen) atoms. The van der Waals surface area contributed by atoms with E-state index in [0.29, 0.717) is 11.8 Å². The molecule has 4 rings (SSSR count). The van der Waals surface area contributed by atoms with Gasteiger partial charge < -0.3 is 10.2 Å². The van der Waals surface area contributed by atoms with Crippen LogP contribution in [0.4, 0.5) is 0 Å². The summed E-state index contributed by atoms with van der Waals surface area (Å²) in [5, 5.41) is 21.1. The van der Waals surface area contributed by atoms with Gasteiger partial charge in [-0.15, -0.1) is 11.8 Å². The number of fused-ring (bicyclic) bond motifs is 5. The molecule has 1 aromatic carbocycles. The topological polar surface area (TPSA) is 45.4 Å². The molecule has 2 N–H and O–H groups in total. The summed E-state index contributed by atoms with van der Waals surface area (Å²) in [6.07, 6.45) is 5.41. The first-order valence-corrected chi connectivity index (χ1v) is 8.24. The van der Waals surface area contributed by atoms with Crippen LogP contribution in [0.1, 0.15) is 42.2 Å². The second-order valence-corrected chi connectivity index (χ2v) is 6.59. The Morgan fingerprint density at radius 3 is 2.05 bits per heavy atom. The number of hydrogen-bond donors (Lipinski definition) is 2. The summed E-state index contributed by atoms with van der Waals surface area (Å²) in [5.41, 5.74) is 2.81. The fourth-order valence-corrected chi connectivity index (χ4v) is 4.28. The van der Waals surface area contributed by atoms with E-state index in [2.05, 4.69) is 0 Å². The highest BCUT2D eigenvalue weighted by atomic mass is 32.2. The fourth-order valence-electron chi connectivity index (χ4n) is 3.87. The summed E-state index contributed by atoms with van der Waals surface area (Å²) in [7, 11) is 0. The highest BCUT2D eigenvalue weighted by Gasteiger charge is 2.44. The van der Waals surface area contributed by atoms with Crippen LogP contribution in [0.3, 0.4) is 0 Å². The van der Waals surface area contributed by atoms with Crippen molar-refractivity contribution in [2.75, 3.05) is 6.26 Å². The molecule has 3 nitrogen and oxygen atoms in total. The van der Waals surface area contributed by atoms with E-state index in [9.17, 15) is 10.2 Å². The molecule has 1 saturated carbocycles. The molecule has 104 valence electrons. The highest BCUT2D eigenvalue weighted by Crippen LogP contribution is 2.60. The Kier molecular flexibility index (Phi) is 2.58. The van der Waals surface area contributed by atoms with E-state index in [4.69, 9.17) is 0 Å². The van der Waals surface area contributed by atoms with Crippen molar-refractivity contribution in [1.82, 2.24) is 4.57 Å². The molecule has 1 aromatic heterocycles. The van der Waals surface area contributed by atoms with Crippen molar-refractivity contribution in [3.8, 4) is 17.4 Å². The van der Waals surface area contributed by atoms with Gasteiger partial charge in [-0.25, -0.2) is 0 Å². The van der Waals surface area contributed by atoms with Crippen LogP contribution in [-0.4, -0.2) is 21.0 Å². The molecule has 0 amide bonds. The molecule has 2 bridgehead atoms. The summed E-state index contributed by atoms with van der Waals surface area (Å²) >= 11 is 1.68. The quantitative estimate of drug-likeness (QED) is 0.821. The van der Waals surface area contributed by atoms with Crippen molar-refractivity contribution in [3.05, 3.63) is 35.4 Å². The number of benzene rings is 1. The van der Waals surface area contributed by atoms with Crippen molar-refractivity contribution >= 4 is 11.8 Å². The Morgan fingerprint density at radius 2 is 1.55 bits per heavy atom. The van der Waals surface area contributed by atoms with E-state index in [-0.39, 0.29) is 11.8 Å². The van der Waals surface area contributed by atoms with Gasteiger partial charge in [0.25, 0.3) is 0 Å². The Bertz CT molecular complexity index is 641. The molecule has 2 aliphatic rings. The molecule has 2 atom stereocenters. The predicted octanol–water partition coefficient (Wildman–Crippen LogP) is 3.98. The van der Waals surface area contributed by atoms with Gasteiger partial charge in [0.15, 0.2) is 0 Å². The zero-order valence-electron chi connectivity index (χ0n) is 11.3. The molecule has 2 aromatic rings. The number of aromatic nitrogens is 1. The lowest BCUT2D eigenvalue weighted by Crippen LogP contribution is -1.95. The second-order valence-electron chi connectivity index (χ2n) is 5.71. The van der Waals surface area contributed by atoms with Crippen LogP contribution in [0.2, 0.25) is 0 Å². The van der Waals surface area contributed by atoms with Crippen molar-refractivity contribution in [2.45, 2.75) is 36.0 Å². The molecule has 0 spiro atoms. The van der Waals surface area contributed by atoms with Gasteiger partial charge in [0.05, 0.1) is 5.69 Å². The van der Waals surface area contributed by atoms with Crippen molar-refractivity contribution in [2.24, 2.45) is 0 Å². The normalized spacial score (nSPS) is 23.2. The standard InChI is InChI=1S/C16H17NO2S/c1-20-12-6-4-11(5-7-12)17-15(18)13-9-2-3-10(8-9)14(13)16(17)19/h4-7,9-10,18-19H,2-3,8H2,1H3/t9-,10+. The largest absolute Gasteiger partial charge is 0.494 e. The van der Waals surface area contributed by atoms with Crippen LogP contribution in [0.15, 0.2) is 29.2 Å². The molecule has 2 aliphatic carbocycles. The number of rotatable bonds is 2. The third kappa shape index (κ3) is 1.48. The van der Waals surface area contributed by atoms with Crippen LogP contribution in [-0.2, 0) is 0 Å². The molecule has 1 fully saturated rings. The van der Waals surface area contributed by atoms with Gasteiger partial charge in [0.2, 0.25) is 11.8 Å². The van der Waals surface area contributed by atoms with E-state index >= 15 is 0 Å². The van der Waals surface area contributed by atoms with Crippen LogP contribution < -0.4 is 0 Å². The van der Waals surface area contributed by atoms with Gasteiger partial charge in [0.1, 0.15) is 0 Å². The molecule has 1 heterocycles. The monoisotopic (exact) mass is 287 g/mol. The third-order valence-corrected chi connectivity index (χ3v) is 5.52. The van der Waals surface area contributed by atoms with E-state index in [1.165, 1.54) is 4.90 Å². The van der Waals surface area contributed by atoms with Crippen molar-refractivity contribution in [1.29, 1.82) is 0 Å². The molecule has 0 unspecified atom stereocenters. The Hall–Kier alpha value is -1.55. The lowest BCUT2D eigenvalue weighted by molar-refractivity contribution is 0.394. The van der Waals surface area contributed by atoms with E-state index in [0.717, 1.165) is 36.1 Å². The Morgan fingerprint density at radius 1 is 1.00 bits per heavy atom. The van der Waals surface area contributed by atoms with E-state index < -0.39 is 0 Å². The van der Waals surface area contributed by atoms with Gasteiger partial charge >= 0.3 is 0 Å². The number of thioether (sulfide) groups is 1. The van der Waals surface area contributed by atoms with Crippen molar-refractivity contribution in [3.63, 3.8) is 0 Å². The Balaban J connectivity index is 1.87. The highest BCUT2D eigenvalue weighted by molar-refractivity contribution is 7.98.